The summed E-state index contributed by atoms with van der Waals surface area (Å²) in [6.07, 6.45) is 6.64. The van der Waals surface area contributed by atoms with Crippen molar-refractivity contribution in [3.63, 3.8) is 0 Å². The van der Waals surface area contributed by atoms with Gasteiger partial charge in [0.15, 0.2) is 0 Å². The lowest BCUT2D eigenvalue weighted by Gasteiger charge is -2.33. The van der Waals surface area contributed by atoms with E-state index in [2.05, 4.69) is 20.8 Å². The first-order valence-electron chi connectivity index (χ1n) is 7.60. The van der Waals surface area contributed by atoms with Gasteiger partial charge >= 0.3 is 0 Å². The molecule has 19 heavy (non-hydrogen) atoms. The van der Waals surface area contributed by atoms with E-state index in [-0.39, 0.29) is 5.82 Å². The zero-order valence-corrected chi connectivity index (χ0v) is 12.6. The number of hydrogen-bond acceptors (Lipinski definition) is 1. The Balaban J connectivity index is 2.84. The van der Waals surface area contributed by atoms with E-state index in [1.165, 1.54) is 25.3 Å². The molecule has 0 amide bonds. The van der Waals surface area contributed by atoms with E-state index in [0.29, 0.717) is 5.92 Å². The summed E-state index contributed by atoms with van der Waals surface area (Å²) in [5.41, 5.74) is 7.11. The van der Waals surface area contributed by atoms with Crippen LogP contribution in [0.25, 0.3) is 0 Å². The quantitative estimate of drug-likeness (QED) is 0.703. The van der Waals surface area contributed by atoms with Crippen LogP contribution in [0.2, 0.25) is 0 Å². The molecule has 2 N–H and O–H groups in total. The van der Waals surface area contributed by atoms with Crippen molar-refractivity contribution in [1.29, 1.82) is 0 Å². The standard InChI is InChI=1S/C17H28FN/c1-4-7-9-14(5-2)13-17(19,6-3)15-10-8-11-16(18)12-15/h8,10-12,14H,4-7,9,13,19H2,1-3H3. The highest BCUT2D eigenvalue weighted by atomic mass is 19.1. The number of halogens is 1. The number of rotatable bonds is 8. The summed E-state index contributed by atoms with van der Waals surface area (Å²) < 4.78 is 13.4. The third-order valence-corrected chi connectivity index (χ3v) is 4.23. The van der Waals surface area contributed by atoms with Crippen LogP contribution in [0.15, 0.2) is 24.3 Å². The van der Waals surface area contributed by atoms with Gasteiger partial charge in [-0.1, -0.05) is 58.6 Å². The molecule has 0 saturated heterocycles. The molecule has 0 aromatic heterocycles. The maximum Gasteiger partial charge on any atom is 0.123 e. The molecule has 2 heteroatoms. The second-order valence-electron chi connectivity index (χ2n) is 5.64. The van der Waals surface area contributed by atoms with Crippen LogP contribution in [0, 0.1) is 11.7 Å². The van der Waals surface area contributed by atoms with Gasteiger partial charge in [-0.15, -0.1) is 0 Å². The normalized spacial score (nSPS) is 16.1. The molecule has 1 aromatic carbocycles. The minimum absolute atomic E-state index is 0.192. The third-order valence-electron chi connectivity index (χ3n) is 4.23. The first-order valence-corrected chi connectivity index (χ1v) is 7.60. The summed E-state index contributed by atoms with van der Waals surface area (Å²) in [4.78, 5) is 0. The van der Waals surface area contributed by atoms with Gasteiger partial charge in [-0.05, 0) is 36.5 Å². The van der Waals surface area contributed by atoms with Crippen molar-refractivity contribution in [3.8, 4) is 0 Å². The average Bonchev–Trinajstić information content (AvgIpc) is 2.43. The molecule has 108 valence electrons. The molecule has 0 fully saturated rings. The summed E-state index contributed by atoms with van der Waals surface area (Å²) in [6, 6.07) is 6.79. The molecule has 0 radical (unpaired) electrons. The first-order chi connectivity index (χ1) is 9.05. The molecule has 1 rings (SSSR count). The lowest BCUT2D eigenvalue weighted by atomic mass is 9.78. The van der Waals surface area contributed by atoms with Gasteiger partial charge in [-0.3, -0.25) is 0 Å². The highest BCUT2D eigenvalue weighted by molar-refractivity contribution is 5.24. The van der Waals surface area contributed by atoms with Crippen molar-refractivity contribution >= 4 is 0 Å². The Labute approximate surface area is 117 Å². The molecular weight excluding hydrogens is 237 g/mol. The molecule has 0 aliphatic heterocycles. The van der Waals surface area contributed by atoms with Crippen LogP contribution < -0.4 is 5.73 Å². The third kappa shape index (κ3) is 4.61. The number of hydrogen-bond donors (Lipinski definition) is 1. The summed E-state index contributed by atoms with van der Waals surface area (Å²) in [5.74, 6) is 0.440. The summed E-state index contributed by atoms with van der Waals surface area (Å²) in [5, 5.41) is 0. The van der Waals surface area contributed by atoms with Crippen LogP contribution in [-0.2, 0) is 5.54 Å². The smallest absolute Gasteiger partial charge is 0.123 e. The predicted octanol–water partition coefficient (Wildman–Crippen LogP) is 5.00. The lowest BCUT2D eigenvalue weighted by molar-refractivity contribution is 0.287. The van der Waals surface area contributed by atoms with E-state index in [1.807, 2.05) is 6.07 Å². The summed E-state index contributed by atoms with van der Waals surface area (Å²) in [6.45, 7) is 6.54. The Morgan fingerprint density at radius 1 is 1.26 bits per heavy atom. The zero-order chi connectivity index (χ0) is 14.3. The molecule has 0 aliphatic carbocycles. The maximum absolute atomic E-state index is 13.4. The van der Waals surface area contributed by atoms with Crippen molar-refractivity contribution in [3.05, 3.63) is 35.6 Å². The fourth-order valence-corrected chi connectivity index (χ4v) is 2.72. The summed E-state index contributed by atoms with van der Waals surface area (Å²) in [7, 11) is 0. The van der Waals surface area contributed by atoms with Crippen LogP contribution in [0.1, 0.15) is 64.9 Å². The molecule has 2 atom stereocenters. The van der Waals surface area contributed by atoms with E-state index in [4.69, 9.17) is 5.73 Å². The van der Waals surface area contributed by atoms with E-state index >= 15 is 0 Å². The first kappa shape index (κ1) is 16.2. The number of benzene rings is 1. The van der Waals surface area contributed by atoms with Crippen LogP contribution in [0.4, 0.5) is 4.39 Å². The molecule has 0 heterocycles. The van der Waals surface area contributed by atoms with Crippen LogP contribution in [0.3, 0.4) is 0 Å². The Kier molecular flexibility index (Phi) is 6.50. The largest absolute Gasteiger partial charge is 0.321 e. The fraction of sp³-hybridized carbons (Fsp3) is 0.647. The Bertz CT molecular complexity index is 377. The molecule has 0 spiro atoms. The van der Waals surface area contributed by atoms with Crippen LogP contribution in [-0.4, -0.2) is 0 Å². The minimum Gasteiger partial charge on any atom is -0.321 e. The summed E-state index contributed by atoms with van der Waals surface area (Å²) >= 11 is 0. The van der Waals surface area contributed by atoms with Crippen molar-refractivity contribution in [2.45, 2.75) is 64.8 Å². The van der Waals surface area contributed by atoms with Crippen molar-refractivity contribution in [1.82, 2.24) is 0 Å². The Hall–Kier alpha value is -0.890. The van der Waals surface area contributed by atoms with Gasteiger partial charge in [-0.2, -0.15) is 0 Å². The van der Waals surface area contributed by atoms with Gasteiger partial charge < -0.3 is 5.73 Å². The molecule has 0 bridgehead atoms. The Morgan fingerprint density at radius 3 is 2.53 bits per heavy atom. The number of unbranched alkanes of at least 4 members (excludes halogenated alkanes) is 1. The van der Waals surface area contributed by atoms with Crippen molar-refractivity contribution in [2.24, 2.45) is 11.7 Å². The topological polar surface area (TPSA) is 26.0 Å². The maximum atomic E-state index is 13.4. The molecule has 1 aromatic rings. The van der Waals surface area contributed by atoms with Gasteiger partial charge in [0.25, 0.3) is 0 Å². The molecule has 2 unspecified atom stereocenters. The van der Waals surface area contributed by atoms with E-state index in [1.54, 1.807) is 12.1 Å². The monoisotopic (exact) mass is 265 g/mol. The molecule has 0 aliphatic rings. The molecule has 0 saturated carbocycles. The highest BCUT2D eigenvalue weighted by Gasteiger charge is 2.28. The fourth-order valence-electron chi connectivity index (χ4n) is 2.72. The second kappa shape index (κ2) is 7.64. The van der Waals surface area contributed by atoms with Crippen molar-refractivity contribution in [2.75, 3.05) is 0 Å². The van der Waals surface area contributed by atoms with Gasteiger partial charge in [-0.25, -0.2) is 4.39 Å². The van der Waals surface area contributed by atoms with Crippen LogP contribution in [0.5, 0.6) is 0 Å². The Morgan fingerprint density at radius 2 is 2.00 bits per heavy atom. The second-order valence-corrected chi connectivity index (χ2v) is 5.64. The zero-order valence-electron chi connectivity index (χ0n) is 12.6. The lowest BCUT2D eigenvalue weighted by Crippen LogP contribution is -2.38. The van der Waals surface area contributed by atoms with E-state index < -0.39 is 5.54 Å². The number of nitrogens with two attached hydrogens (primary N) is 1. The SMILES string of the molecule is CCCCC(CC)CC(N)(CC)c1cccc(F)c1. The highest BCUT2D eigenvalue weighted by Crippen LogP contribution is 2.33. The van der Waals surface area contributed by atoms with Gasteiger partial charge in [0.1, 0.15) is 5.82 Å². The minimum atomic E-state index is -0.392. The van der Waals surface area contributed by atoms with E-state index in [9.17, 15) is 4.39 Å². The van der Waals surface area contributed by atoms with Crippen molar-refractivity contribution < 1.29 is 4.39 Å². The van der Waals surface area contributed by atoms with Gasteiger partial charge in [0, 0.05) is 5.54 Å². The average molecular weight is 265 g/mol. The van der Waals surface area contributed by atoms with E-state index in [0.717, 1.165) is 24.8 Å². The van der Waals surface area contributed by atoms with Gasteiger partial charge in [0.2, 0.25) is 0 Å². The van der Waals surface area contributed by atoms with Gasteiger partial charge in [0.05, 0.1) is 0 Å². The van der Waals surface area contributed by atoms with Crippen LogP contribution >= 0.6 is 0 Å². The predicted molar refractivity (Wildman–Crippen MR) is 80.5 cm³/mol. The molecule has 1 nitrogen and oxygen atoms in total. The molecular formula is C17H28FN.